The Labute approximate surface area is 273 Å². The van der Waals surface area contributed by atoms with Gasteiger partial charge in [-0.15, -0.1) is 0 Å². The molecule has 0 N–H and O–H groups in total. The number of nitrogens with zero attached hydrogens (tertiary/aromatic N) is 4. The summed E-state index contributed by atoms with van der Waals surface area (Å²) < 4.78 is 4.65. The van der Waals surface area contributed by atoms with Gasteiger partial charge in [-0.1, -0.05) is 116 Å². The number of benzene rings is 5. The second kappa shape index (κ2) is 11.9. The molecule has 0 aliphatic heterocycles. The van der Waals surface area contributed by atoms with Crippen LogP contribution < -0.4 is 0 Å². The van der Waals surface area contributed by atoms with Gasteiger partial charge in [0.05, 0.1) is 27.9 Å². The molecule has 4 heteroatoms. The fourth-order valence-electron chi connectivity index (χ4n) is 6.56. The van der Waals surface area contributed by atoms with Gasteiger partial charge in [0.25, 0.3) is 0 Å². The van der Waals surface area contributed by atoms with E-state index in [0.717, 1.165) is 50.5 Å². The van der Waals surface area contributed by atoms with Crippen LogP contribution in [-0.4, -0.2) is 19.1 Å². The molecule has 224 valence electrons. The first-order valence-corrected chi connectivity index (χ1v) is 15.8. The average molecular weight is 605 g/mol. The number of hydrogen-bond acceptors (Lipinski definition) is 2. The minimum Gasteiger partial charge on any atom is -0.316 e. The zero-order valence-corrected chi connectivity index (χ0v) is 26.1. The maximum absolute atomic E-state index is 5.11. The maximum Gasteiger partial charge on any atom is 0.160 e. The lowest BCUT2D eigenvalue weighted by molar-refractivity contribution is 1.13. The molecule has 0 saturated carbocycles. The van der Waals surface area contributed by atoms with Crippen LogP contribution in [0.4, 0.5) is 0 Å². The Morgan fingerprint density at radius 1 is 0.638 bits per heavy atom. The van der Waals surface area contributed by atoms with E-state index in [1.807, 2.05) is 37.3 Å². The molecule has 0 bridgehead atoms. The normalized spacial score (nSPS) is 12.1. The number of hydrogen-bond donors (Lipinski definition) is 0. The minimum atomic E-state index is 0.670. The molecule has 3 aromatic heterocycles. The van der Waals surface area contributed by atoms with Crippen molar-refractivity contribution in [3.63, 3.8) is 0 Å². The summed E-state index contributed by atoms with van der Waals surface area (Å²) in [4.78, 5) is 10.2. The molecule has 0 spiro atoms. The van der Waals surface area contributed by atoms with Gasteiger partial charge in [-0.25, -0.2) is 9.97 Å². The lowest BCUT2D eigenvalue weighted by Crippen LogP contribution is -1.99. The van der Waals surface area contributed by atoms with Crippen molar-refractivity contribution in [3.8, 4) is 34.0 Å². The molecule has 0 saturated heterocycles. The Balaban J connectivity index is 1.36. The maximum atomic E-state index is 5.11. The zero-order chi connectivity index (χ0) is 31.7. The summed E-state index contributed by atoms with van der Waals surface area (Å²) in [5, 5.41) is 3.64. The lowest BCUT2D eigenvalue weighted by atomic mass is 10.1. The number of para-hydroxylation sites is 2. The Morgan fingerprint density at radius 2 is 1.38 bits per heavy atom. The molecule has 0 unspecified atom stereocenters. The van der Waals surface area contributed by atoms with Crippen LogP contribution in [0.25, 0.3) is 72.3 Å². The summed E-state index contributed by atoms with van der Waals surface area (Å²) in [5.41, 5.74) is 10.4. The lowest BCUT2D eigenvalue weighted by Gasteiger charge is -2.13. The van der Waals surface area contributed by atoms with Gasteiger partial charge in [0.1, 0.15) is 0 Å². The van der Waals surface area contributed by atoms with E-state index in [-0.39, 0.29) is 0 Å². The van der Waals surface area contributed by atoms with Gasteiger partial charge in [0.2, 0.25) is 0 Å². The van der Waals surface area contributed by atoms with Crippen molar-refractivity contribution in [2.24, 2.45) is 0 Å². The highest BCUT2D eigenvalue weighted by Crippen LogP contribution is 2.38. The van der Waals surface area contributed by atoms with Crippen LogP contribution in [0.15, 0.2) is 171 Å². The highest BCUT2D eigenvalue weighted by atomic mass is 15.0. The molecular formula is C43H32N4. The summed E-state index contributed by atoms with van der Waals surface area (Å²) >= 11 is 0. The monoisotopic (exact) mass is 604 g/mol. The number of allylic oxidation sites excluding steroid dienone is 5. The standard InChI is InChI=1S/C43H32N4/c1-3-14-30(15-4-2)38-29-39(31-16-7-5-8-17-31)45-43(44-38)32-18-13-21-34(28-32)47-41-23-12-11-22-35(41)36-24-25-40-37(42(36)47)26-27-46(40)33-19-9-6-10-20-33/h3-29H,1H2,2H3/b15-4-,30-14+. The largest absolute Gasteiger partial charge is 0.316 e. The van der Waals surface area contributed by atoms with E-state index < -0.39 is 0 Å². The van der Waals surface area contributed by atoms with Gasteiger partial charge in [-0.05, 0) is 61.0 Å². The zero-order valence-electron chi connectivity index (χ0n) is 26.1. The minimum absolute atomic E-state index is 0.670. The van der Waals surface area contributed by atoms with E-state index in [0.29, 0.717) is 5.82 Å². The van der Waals surface area contributed by atoms with Gasteiger partial charge in [-0.3, -0.25) is 0 Å². The van der Waals surface area contributed by atoms with Gasteiger partial charge in [0.15, 0.2) is 5.82 Å². The summed E-state index contributed by atoms with van der Waals surface area (Å²) in [6, 6.07) is 46.8. The first-order chi connectivity index (χ1) is 23.2. The van der Waals surface area contributed by atoms with Crippen molar-refractivity contribution in [2.75, 3.05) is 0 Å². The molecule has 0 radical (unpaired) electrons. The predicted molar refractivity (Wildman–Crippen MR) is 197 cm³/mol. The predicted octanol–water partition coefficient (Wildman–Crippen LogP) is 11.0. The van der Waals surface area contributed by atoms with Crippen molar-refractivity contribution < 1.29 is 0 Å². The van der Waals surface area contributed by atoms with E-state index in [1.54, 1.807) is 6.08 Å². The molecule has 0 atom stereocenters. The van der Waals surface area contributed by atoms with Gasteiger partial charge in [-0.2, -0.15) is 0 Å². The first-order valence-electron chi connectivity index (χ1n) is 15.8. The highest BCUT2D eigenvalue weighted by Gasteiger charge is 2.18. The molecule has 8 aromatic rings. The molecule has 4 nitrogen and oxygen atoms in total. The van der Waals surface area contributed by atoms with Gasteiger partial charge >= 0.3 is 0 Å². The fraction of sp³-hybridized carbons (Fsp3) is 0.0233. The summed E-state index contributed by atoms with van der Waals surface area (Å²) in [5.74, 6) is 0.670. The summed E-state index contributed by atoms with van der Waals surface area (Å²) in [6.07, 6.45) is 10.0. The Kier molecular flexibility index (Phi) is 7.16. The van der Waals surface area contributed by atoms with E-state index in [2.05, 4.69) is 143 Å². The molecule has 8 rings (SSSR count). The average Bonchev–Trinajstić information content (AvgIpc) is 3.72. The highest BCUT2D eigenvalue weighted by molar-refractivity contribution is 6.18. The van der Waals surface area contributed by atoms with Crippen LogP contribution in [0.1, 0.15) is 12.6 Å². The first kappa shape index (κ1) is 28.2. The van der Waals surface area contributed by atoms with Crippen molar-refractivity contribution in [2.45, 2.75) is 6.92 Å². The van der Waals surface area contributed by atoms with Crippen LogP contribution in [0.3, 0.4) is 0 Å². The molecular weight excluding hydrogens is 573 g/mol. The van der Waals surface area contributed by atoms with Gasteiger partial charge < -0.3 is 9.13 Å². The summed E-state index contributed by atoms with van der Waals surface area (Å²) in [6.45, 7) is 5.95. The summed E-state index contributed by atoms with van der Waals surface area (Å²) in [7, 11) is 0. The van der Waals surface area contributed by atoms with E-state index in [9.17, 15) is 0 Å². The smallest absolute Gasteiger partial charge is 0.160 e. The van der Waals surface area contributed by atoms with Crippen molar-refractivity contribution in [1.82, 2.24) is 19.1 Å². The van der Waals surface area contributed by atoms with Crippen LogP contribution in [0.5, 0.6) is 0 Å². The fourth-order valence-corrected chi connectivity index (χ4v) is 6.56. The van der Waals surface area contributed by atoms with E-state index >= 15 is 0 Å². The molecule has 5 aromatic carbocycles. The Morgan fingerprint density at radius 3 is 2.19 bits per heavy atom. The molecule has 0 fully saturated rings. The molecule has 0 aliphatic carbocycles. The Bertz CT molecular complexity index is 2480. The molecule has 47 heavy (non-hydrogen) atoms. The van der Waals surface area contributed by atoms with Crippen molar-refractivity contribution in [1.29, 1.82) is 0 Å². The van der Waals surface area contributed by atoms with Crippen LogP contribution in [-0.2, 0) is 0 Å². The molecule has 3 heterocycles. The van der Waals surface area contributed by atoms with Gasteiger partial charge in [0, 0.05) is 44.9 Å². The topological polar surface area (TPSA) is 35.6 Å². The third-order valence-electron chi connectivity index (χ3n) is 8.63. The molecule has 0 aliphatic rings. The van der Waals surface area contributed by atoms with Crippen LogP contribution in [0, 0.1) is 0 Å². The third kappa shape index (κ3) is 4.97. The van der Waals surface area contributed by atoms with Crippen LogP contribution >= 0.6 is 0 Å². The van der Waals surface area contributed by atoms with Crippen molar-refractivity contribution >= 4 is 38.3 Å². The number of aromatic nitrogens is 4. The number of rotatable bonds is 7. The van der Waals surface area contributed by atoms with Crippen LogP contribution in [0.2, 0.25) is 0 Å². The van der Waals surface area contributed by atoms with E-state index in [4.69, 9.17) is 9.97 Å². The van der Waals surface area contributed by atoms with E-state index in [1.165, 1.54) is 21.7 Å². The SMILES string of the molecule is C=C/C=C(\C=C/C)c1cc(-c2ccccc2)nc(-c2cccc(-n3c4ccccc4c4ccc5c(ccn5-c5ccccc5)c43)c2)n1. The second-order valence-corrected chi connectivity index (χ2v) is 11.5. The number of fused-ring (bicyclic) bond motifs is 5. The second-order valence-electron chi connectivity index (χ2n) is 11.5. The quantitative estimate of drug-likeness (QED) is 0.170. The molecule has 0 amide bonds. The van der Waals surface area contributed by atoms with Crippen molar-refractivity contribution in [3.05, 3.63) is 176 Å². The third-order valence-corrected chi connectivity index (χ3v) is 8.63. The Hall–Kier alpha value is -6.26.